The minimum atomic E-state index is -0.623. The summed E-state index contributed by atoms with van der Waals surface area (Å²) >= 11 is 3.31. The van der Waals surface area contributed by atoms with Crippen LogP contribution < -0.4 is 15.4 Å². The summed E-state index contributed by atoms with van der Waals surface area (Å²) in [5.74, 6) is -0.811. The molecule has 0 spiro atoms. The zero-order valence-corrected chi connectivity index (χ0v) is 16.2. The molecule has 0 aliphatic carbocycles. The van der Waals surface area contributed by atoms with Crippen LogP contribution in [0.5, 0.6) is 5.75 Å². The summed E-state index contributed by atoms with van der Waals surface area (Å²) in [6, 6.07) is 13.9. The number of esters is 1. The molecule has 27 heavy (non-hydrogen) atoms. The molecule has 7 nitrogen and oxygen atoms in total. The van der Waals surface area contributed by atoms with Crippen LogP contribution >= 0.6 is 15.9 Å². The fourth-order valence-electron chi connectivity index (χ4n) is 2.09. The summed E-state index contributed by atoms with van der Waals surface area (Å²) in [6.07, 6.45) is -0.152. The Morgan fingerprint density at radius 3 is 2.33 bits per heavy atom. The lowest BCUT2D eigenvalue weighted by molar-refractivity contribution is -0.147. The number of ether oxygens (including phenoxy) is 2. The van der Waals surface area contributed by atoms with Gasteiger partial charge < -0.3 is 20.1 Å². The molecule has 2 N–H and O–H groups in total. The molecule has 0 saturated carbocycles. The van der Waals surface area contributed by atoms with Gasteiger partial charge in [-0.05, 0) is 36.4 Å². The number of anilines is 2. The predicted octanol–water partition coefficient (Wildman–Crippen LogP) is 3.36. The van der Waals surface area contributed by atoms with Crippen molar-refractivity contribution in [3.8, 4) is 5.75 Å². The molecular formula is C19H19BrN2O5. The van der Waals surface area contributed by atoms with Gasteiger partial charge in [0, 0.05) is 28.3 Å². The SMILES string of the molecule is COc1cccc(NC(=O)COC(=O)CCC(=O)Nc2ccc(Br)cc2)c1. The third kappa shape index (κ3) is 7.49. The number of benzene rings is 2. The van der Waals surface area contributed by atoms with Crippen molar-refractivity contribution in [2.24, 2.45) is 0 Å². The summed E-state index contributed by atoms with van der Waals surface area (Å²) < 4.78 is 10.8. The van der Waals surface area contributed by atoms with E-state index in [2.05, 4.69) is 26.6 Å². The van der Waals surface area contributed by atoms with Crippen LogP contribution in [-0.4, -0.2) is 31.5 Å². The van der Waals surface area contributed by atoms with E-state index in [4.69, 9.17) is 9.47 Å². The molecule has 2 aromatic rings. The monoisotopic (exact) mass is 434 g/mol. The Hall–Kier alpha value is -2.87. The Morgan fingerprint density at radius 2 is 1.63 bits per heavy atom. The molecule has 2 aromatic carbocycles. The normalized spacial score (nSPS) is 10.0. The molecule has 0 bridgehead atoms. The predicted molar refractivity (Wildman–Crippen MR) is 105 cm³/mol. The highest BCUT2D eigenvalue weighted by Crippen LogP contribution is 2.16. The van der Waals surface area contributed by atoms with Crippen LogP contribution in [0.25, 0.3) is 0 Å². The van der Waals surface area contributed by atoms with E-state index in [0.717, 1.165) is 4.47 Å². The second kappa shape index (κ2) is 10.3. The number of hydrogen-bond donors (Lipinski definition) is 2. The van der Waals surface area contributed by atoms with Gasteiger partial charge in [-0.1, -0.05) is 22.0 Å². The maximum atomic E-state index is 11.8. The molecule has 0 radical (unpaired) electrons. The molecular weight excluding hydrogens is 416 g/mol. The maximum absolute atomic E-state index is 11.8. The Bertz CT molecular complexity index is 808. The largest absolute Gasteiger partial charge is 0.497 e. The van der Waals surface area contributed by atoms with Crippen LogP contribution in [0.4, 0.5) is 11.4 Å². The number of nitrogens with one attached hydrogen (secondary N) is 2. The third-order valence-electron chi connectivity index (χ3n) is 3.40. The van der Waals surface area contributed by atoms with E-state index in [-0.39, 0.29) is 18.7 Å². The van der Waals surface area contributed by atoms with Crippen LogP contribution in [0.1, 0.15) is 12.8 Å². The van der Waals surface area contributed by atoms with E-state index >= 15 is 0 Å². The van der Waals surface area contributed by atoms with Gasteiger partial charge >= 0.3 is 5.97 Å². The summed E-state index contributed by atoms with van der Waals surface area (Å²) in [5.41, 5.74) is 1.17. The van der Waals surface area contributed by atoms with Gasteiger partial charge in [-0.25, -0.2) is 0 Å². The summed E-state index contributed by atoms with van der Waals surface area (Å²) in [4.78, 5) is 35.3. The topological polar surface area (TPSA) is 93.7 Å². The minimum absolute atomic E-state index is 0.0353. The van der Waals surface area contributed by atoms with Gasteiger partial charge in [0.1, 0.15) is 5.75 Å². The molecule has 0 saturated heterocycles. The smallest absolute Gasteiger partial charge is 0.306 e. The third-order valence-corrected chi connectivity index (χ3v) is 3.93. The van der Waals surface area contributed by atoms with Crippen molar-refractivity contribution in [3.63, 3.8) is 0 Å². The second-order valence-electron chi connectivity index (χ2n) is 5.50. The van der Waals surface area contributed by atoms with Crippen molar-refractivity contribution < 1.29 is 23.9 Å². The summed E-state index contributed by atoms with van der Waals surface area (Å²) in [7, 11) is 1.52. The van der Waals surface area contributed by atoms with Crippen LogP contribution in [-0.2, 0) is 19.1 Å². The fourth-order valence-corrected chi connectivity index (χ4v) is 2.35. The molecule has 2 amide bonds. The van der Waals surface area contributed by atoms with Crippen molar-refractivity contribution in [2.75, 3.05) is 24.4 Å². The van der Waals surface area contributed by atoms with E-state index in [9.17, 15) is 14.4 Å². The van der Waals surface area contributed by atoms with Crippen LogP contribution in [0.3, 0.4) is 0 Å². The standard InChI is InChI=1S/C19H19BrN2O5/c1-26-16-4-2-3-15(11-16)22-18(24)12-27-19(25)10-9-17(23)21-14-7-5-13(20)6-8-14/h2-8,11H,9-10,12H2,1H3,(H,21,23)(H,22,24). The number of halogens is 1. The first kappa shape index (κ1) is 20.4. The van der Waals surface area contributed by atoms with E-state index in [1.54, 1.807) is 48.5 Å². The Labute approximate surface area is 165 Å². The highest BCUT2D eigenvalue weighted by atomic mass is 79.9. The molecule has 0 atom stereocenters. The van der Waals surface area contributed by atoms with Gasteiger partial charge in [0.05, 0.1) is 13.5 Å². The molecule has 0 aliphatic heterocycles. The fraction of sp³-hybridized carbons (Fsp3) is 0.211. The summed E-state index contributed by atoms with van der Waals surface area (Å²) in [6.45, 7) is -0.426. The van der Waals surface area contributed by atoms with Gasteiger partial charge in [-0.2, -0.15) is 0 Å². The molecule has 0 unspecified atom stereocenters. The van der Waals surface area contributed by atoms with Crippen molar-refractivity contribution in [2.45, 2.75) is 12.8 Å². The van der Waals surface area contributed by atoms with Gasteiger partial charge in [0.2, 0.25) is 5.91 Å². The van der Waals surface area contributed by atoms with Crippen LogP contribution in [0.2, 0.25) is 0 Å². The zero-order chi connectivity index (χ0) is 19.6. The highest BCUT2D eigenvalue weighted by molar-refractivity contribution is 9.10. The van der Waals surface area contributed by atoms with Crippen LogP contribution in [0.15, 0.2) is 53.0 Å². The van der Waals surface area contributed by atoms with Gasteiger partial charge in [-0.3, -0.25) is 14.4 Å². The lowest BCUT2D eigenvalue weighted by Gasteiger charge is -2.08. The van der Waals surface area contributed by atoms with Crippen molar-refractivity contribution >= 4 is 45.1 Å². The number of amides is 2. The number of hydrogen-bond acceptors (Lipinski definition) is 5. The first-order chi connectivity index (χ1) is 13.0. The van der Waals surface area contributed by atoms with Crippen molar-refractivity contribution in [1.29, 1.82) is 0 Å². The molecule has 0 aromatic heterocycles. The number of rotatable bonds is 8. The van der Waals surface area contributed by atoms with E-state index in [0.29, 0.717) is 17.1 Å². The van der Waals surface area contributed by atoms with Gasteiger partial charge in [0.25, 0.3) is 5.91 Å². The minimum Gasteiger partial charge on any atom is -0.497 e. The van der Waals surface area contributed by atoms with E-state index in [1.165, 1.54) is 7.11 Å². The average molecular weight is 435 g/mol. The lowest BCUT2D eigenvalue weighted by atomic mass is 10.2. The van der Waals surface area contributed by atoms with Crippen molar-refractivity contribution in [1.82, 2.24) is 0 Å². The molecule has 2 rings (SSSR count). The summed E-state index contributed by atoms with van der Waals surface area (Å²) in [5, 5.41) is 5.27. The average Bonchev–Trinajstić information content (AvgIpc) is 2.66. The molecule has 8 heteroatoms. The van der Waals surface area contributed by atoms with E-state index in [1.807, 2.05) is 0 Å². The molecule has 0 heterocycles. The number of methoxy groups -OCH3 is 1. The van der Waals surface area contributed by atoms with Gasteiger partial charge in [-0.15, -0.1) is 0 Å². The lowest BCUT2D eigenvalue weighted by Crippen LogP contribution is -2.21. The van der Waals surface area contributed by atoms with E-state index < -0.39 is 18.5 Å². The Balaban J connectivity index is 1.68. The number of carbonyl (C=O) groups is 3. The van der Waals surface area contributed by atoms with Crippen molar-refractivity contribution in [3.05, 3.63) is 53.0 Å². The zero-order valence-electron chi connectivity index (χ0n) is 14.7. The number of carbonyl (C=O) groups excluding carboxylic acids is 3. The first-order valence-corrected chi connectivity index (χ1v) is 8.90. The first-order valence-electron chi connectivity index (χ1n) is 8.11. The van der Waals surface area contributed by atoms with Gasteiger partial charge in [0.15, 0.2) is 6.61 Å². The Kier molecular flexibility index (Phi) is 7.81. The maximum Gasteiger partial charge on any atom is 0.306 e. The highest BCUT2D eigenvalue weighted by Gasteiger charge is 2.11. The second-order valence-corrected chi connectivity index (χ2v) is 6.41. The van der Waals surface area contributed by atoms with Crippen LogP contribution in [0, 0.1) is 0 Å². The quantitative estimate of drug-likeness (QED) is 0.621. The Morgan fingerprint density at radius 1 is 0.926 bits per heavy atom. The molecule has 0 aliphatic rings. The molecule has 0 fully saturated rings. The molecule has 142 valence electrons.